The Labute approximate surface area is 161 Å². The molecule has 0 spiro atoms. The highest BCUT2D eigenvalue weighted by Gasteiger charge is 2.30. The summed E-state index contributed by atoms with van der Waals surface area (Å²) in [5.41, 5.74) is 3.78. The summed E-state index contributed by atoms with van der Waals surface area (Å²) in [4.78, 5) is 8.90. The van der Waals surface area contributed by atoms with Crippen LogP contribution in [0.2, 0.25) is 0 Å². The van der Waals surface area contributed by atoms with Crippen molar-refractivity contribution in [2.24, 2.45) is 0 Å². The molecule has 1 aromatic carbocycles. The van der Waals surface area contributed by atoms with Gasteiger partial charge in [0.15, 0.2) is 0 Å². The highest BCUT2D eigenvalue weighted by atomic mass is 19.4. The fourth-order valence-corrected chi connectivity index (χ4v) is 3.39. The van der Waals surface area contributed by atoms with Crippen LogP contribution in [0.5, 0.6) is 5.75 Å². The maximum Gasteiger partial charge on any atom is 0.401 e. The number of nitrogens with one attached hydrogen (secondary N) is 1. The van der Waals surface area contributed by atoms with E-state index in [0.29, 0.717) is 12.2 Å². The first-order valence-electron chi connectivity index (χ1n) is 9.19. The Bertz CT molecular complexity index is 953. The predicted octanol–water partition coefficient (Wildman–Crippen LogP) is 3.96. The summed E-state index contributed by atoms with van der Waals surface area (Å²) in [6.45, 7) is 3.13. The van der Waals surface area contributed by atoms with E-state index in [4.69, 9.17) is 9.84 Å². The van der Waals surface area contributed by atoms with Crippen LogP contribution in [0.25, 0.3) is 21.9 Å². The lowest BCUT2D eigenvalue weighted by Crippen LogP contribution is -2.37. The number of fused-ring (bicyclic) bond motifs is 3. The minimum absolute atomic E-state index is 0.0126. The van der Waals surface area contributed by atoms with Gasteiger partial charge in [-0.2, -0.15) is 13.2 Å². The smallest absolute Gasteiger partial charge is 0.401 e. The van der Waals surface area contributed by atoms with Gasteiger partial charge in [0, 0.05) is 30.1 Å². The highest BCUT2D eigenvalue weighted by molar-refractivity contribution is 6.09. The molecule has 2 N–H and O–H groups in total. The number of nitrogens with zero attached hydrogens (tertiary/aromatic N) is 2. The third-order valence-corrected chi connectivity index (χ3v) is 4.61. The molecule has 0 unspecified atom stereocenters. The quantitative estimate of drug-likeness (QED) is 0.567. The number of rotatable bonds is 8. The fraction of sp³-hybridized carbons (Fsp3) is 0.450. The van der Waals surface area contributed by atoms with Gasteiger partial charge < -0.3 is 14.8 Å². The number of aliphatic hydroxyl groups is 1. The standard InChI is InChI=1S/C20H24F3N3O2/c1-13-10-15-17-14(2)4-5-16(18(17)25-19(15)24-11-13)28-9-3-6-26(7-8-27)12-20(21,22)23/h4-5,10-11,27H,3,6-9,12H2,1-2H3,(H,24,25). The van der Waals surface area contributed by atoms with E-state index in [-0.39, 0.29) is 26.3 Å². The zero-order valence-electron chi connectivity index (χ0n) is 15.9. The number of alkyl halides is 3. The number of hydrogen-bond donors (Lipinski definition) is 2. The molecule has 0 saturated carbocycles. The van der Waals surface area contributed by atoms with E-state index >= 15 is 0 Å². The van der Waals surface area contributed by atoms with Crippen LogP contribution in [-0.4, -0.2) is 59.0 Å². The summed E-state index contributed by atoms with van der Waals surface area (Å²) in [7, 11) is 0. The molecule has 0 fully saturated rings. The van der Waals surface area contributed by atoms with Crippen LogP contribution in [0, 0.1) is 13.8 Å². The van der Waals surface area contributed by atoms with Crippen molar-refractivity contribution < 1.29 is 23.0 Å². The summed E-state index contributed by atoms with van der Waals surface area (Å²) in [6, 6.07) is 5.90. The Morgan fingerprint density at radius 3 is 2.71 bits per heavy atom. The Hall–Kier alpha value is -2.32. The molecule has 0 amide bonds. The largest absolute Gasteiger partial charge is 0.491 e. The second kappa shape index (κ2) is 8.36. The molecule has 2 heterocycles. The van der Waals surface area contributed by atoms with E-state index < -0.39 is 12.7 Å². The number of aryl methyl sites for hydroxylation is 2. The number of aromatic amines is 1. The summed E-state index contributed by atoms with van der Waals surface area (Å²) >= 11 is 0. The minimum Gasteiger partial charge on any atom is -0.491 e. The van der Waals surface area contributed by atoms with Gasteiger partial charge in [-0.15, -0.1) is 0 Å². The molecule has 3 rings (SSSR count). The van der Waals surface area contributed by atoms with E-state index in [1.54, 1.807) is 6.20 Å². The molecular formula is C20H24F3N3O2. The van der Waals surface area contributed by atoms with Gasteiger partial charge >= 0.3 is 6.18 Å². The van der Waals surface area contributed by atoms with Crippen molar-refractivity contribution >= 4 is 21.9 Å². The third-order valence-electron chi connectivity index (χ3n) is 4.61. The van der Waals surface area contributed by atoms with E-state index in [0.717, 1.165) is 33.1 Å². The first kappa shape index (κ1) is 20.4. The van der Waals surface area contributed by atoms with Gasteiger partial charge in [-0.25, -0.2) is 4.98 Å². The maximum atomic E-state index is 12.6. The van der Waals surface area contributed by atoms with Gasteiger partial charge in [0.25, 0.3) is 0 Å². The molecule has 28 heavy (non-hydrogen) atoms. The molecule has 0 radical (unpaired) electrons. The lowest BCUT2D eigenvalue weighted by molar-refractivity contribution is -0.147. The molecule has 0 saturated heterocycles. The Morgan fingerprint density at radius 1 is 1.21 bits per heavy atom. The molecule has 0 atom stereocenters. The summed E-state index contributed by atoms with van der Waals surface area (Å²) < 4.78 is 43.6. The minimum atomic E-state index is -4.28. The van der Waals surface area contributed by atoms with Crippen LogP contribution in [0.3, 0.4) is 0 Å². The van der Waals surface area contributed by atoms with Crippen LogP contribution in [0.4, 0.5) is 13.2 Å². The third kappa shape index (κ3) is 4.74. The van der Waals surface area contributed by atoms with Gasteiger partial charge in [0.05, 0.1) is 25.3 Å². The SMILES string of the molecule is Cc1cnc2[nH]c3c(OCCCN(CCO)CC(F)(F)F)ccc(C)c3c2c1. The first-order valence-corrected chi connectivity index (χ1v) is 9.19. The zero-order chi connectivity index (χ0) is 20.3. The second-order valence-corrected chi connectivity index (χ2v) is 6.98. The fourth-order valence-electron chi connectivity index (χ4n) is 3.39. The Morgan fingerprint density at radius 2 is 2.00 bits per heavy atom. The zero-order valence-corrected chi connectivity index (χ0v) is 15.9. The van der Waals surface area contributed by atoms with E-state index in [1.165, 1.54) is 4.90 Å². The van der Waals surface area contributed by atoms with E-state index in [9.17, 15) is 13.2 Å². The van der Waals surface area contributed by atoms with Gasteiger partial charge in [0.1, 0.15) is 11.4 Å². The van der Waals surface area contributed by atoms with Crippen LogP contribution in [0.15, 0.2) is 24.4 Å². The monoisotopic (exact) mass is 395 g/mol. The molecule has 0 aliphatic carbocycles. The van der Waals surface area contributed by atoms with Crippen molar-refractivity contribution in [1.29, 1.82) is 0 Å². The number of benzene rings is 1. The molecular weight excluding hydrogens is 371 g/mol. The first-order chi connectivity index (χ1) is 13.3. The summed E-state index contributed by atoms with van der Waals surface area (Å²) in [6.07, 6.45) is -2.07. The van der Waals surface area contributed by atoms with Gasteiger partial charge in [-0.1, -0.05) is 6.07 Å². The van der Waals surface area contributed by atoms with Crippen molar-refractivity contribution in [3.8, 4) is 5.75 Å². The van der Waals surface area contributed by atoms with Crippen molar-refractivity contribution in [3.05, 3.63) is 35.5 Å². The molecule has 8 heteroatoms. The van der Waals surface area contributed by atoms with Crippen LogP contribution < -0.4 is 4.74 Å². The van der Waals surface area contributed by atoms with Gasteiger partial charge in [-0.05, 0) is 43.5 Å². The van der Waals surface area contributed by atoms with Gasteiger partial charge in [0.2, 0.25) is 0 Å². The average molecular weight is 395 g/mol. The molecule has 0 aliphatic rings. The van der Waals surface area contributed by atoms with E-state index in [1.807, 2.05) is 26.0 Å². The number of halogens is 3. The molecule has 0 bridgehead atoms. The number of hydrogen-bond acceptors (Lipinski definition) is 4. The van der Waals surface area contributed by atoms with Crippen molar-refractivity contribution in [1.82, 2.24) is 14.9 Å². The predicted molar refractivity (Wildman–Crippen MR) is 103 cm³/mol. The average Bonchev–Trinajstić information content (AvgIpc) is 2.98. The topological polar surface area (TPSA) is 61.4 Å². The summed E-state index contributed by atoms with van der Waals surface area (Å²) in [5.74, 6) is 0.654. The lowest BCUT2D eigenvalue weighted by atomic mass is 10.1. The van der Waals surface area contributed by atoms with E-state index in [2.05, 4.69) is 16.0 Å². The van der Waals surface area contributed by atoms with Crippen LogP contribution in [0.1, 0.15) is 17.5 Å². The lowest BCUT2D eigenvalue weighted by Gasteiger charge is -2.22. The van der Waals surface area contributed by atoms with Crippen molar-refractivity contribution in [2.75, 3.05) is 32.8 Å². The van der Waals surface area contributed by atoms with Crippen molar-refractivity contribution in [2.45, 2.75) is 26.4 Å². The molecule has 0 aliphatic heterocycles. The number of H-pyrrole nitrogens is 1. The van der Waals surface area contributed by atoms with Crippen LogP contribution >= 0.6 is 0 Å². The molecule has 5 nitrogen and oxygen atoms in total. The Balaban J connectivity index is 1.71. The molecule has 2 aromatic heterocycles. The number of pyridine rings is 1. The summed E-state index contributed by atoms with van der Waals surface area (Å²) in [5, 5.41) is 11.0. The molecule has 3 aromatic rings. The number of aromatic nitrogens is 2. The number of ether oxygens (including phenoxy) is 1. The van der Waals surface area contributed by atoms with Gasteiger partial charge in [-0.3, -0.25) is 4.90 Å². The normalized spacial score (nSPS) is 12.4. The second-order valence-electron chi connectivity index (χ2n) is 6.98. The molecule has 152 valence electrons. The maximum absolute atomic E-state index is 12.6. The highest BCUT2D eigenvalue weighted by Crippen LogP contribution is 2.33. The van der Waals surface area contributed by atoms with Crippen molar-refractivity contribution in [3.63, 3.8) is 0 Å². The number of aliphatic hydroxyl groups excluding tert-OH is 1. The Kier molecular flexibility index (Phi) is 6.10. The van der Waals surface area contributed by atoms with Crippen LogP contribution in [-0.2, 0) is 0 Å².